The minimum Gasteiger partial charge on any atom is -0.497 e. The fraction of sp³-hybridized carbons (Fsp3) is 0.235. The quantitative estimate of drug-likeness (QED) is 0.711. The van der Waals surface area contributed by atoms with E-state index in [1.807, 2.05) is 12.1 Å². The number of carbonyl (C=O) groups excluding carboxylic acids is 1. The third-order valence-electron chi connectivity index (χ3n) is 3.47. The lowest BCUT2D eigenvalue weighted by atomic mass is 10.2. The molecule has 2 rings (SSSR count). The van der Waals surface area contributed by atoms with E-state index in [9.17, 15) is 13.2 Å². The molecular weight excluding hydrogens is 408 g/mol. The summed E-state index contributed by atoms with van der Waals surface area (Å²) in [5, 5.41) is 2.71. The van der Waals surface area contributed by atoms with Crippen LogP contribution in [0, 0.1) is 0 Å². The summed E-state index contributed by atoms with van der Waals surface area (Å²) in [6.07, 6.45) is 0. The van der Waals surface area contributed by atoms with Crippen LogP contribution >= 0.6 is 15.9 Å². The van der Waals surface area contributed by atoms with Crippen LogP contribution in [0.4, 0.5) is 0 Å². The van der Waals surface area contributed by atoms with Gasteiger partial charge >= 0.3 is 0 Å². The Labute approximate surface area is 155 Å². The minimum atomic E-state index is -3.76. The van der Waals surface area contributed by atoms with E-state index in [1.54, 1.807) is 31.4 Å². The Balaban J connectivity index is 1.93. The predicted octanol–water partition coefficient (Wildman–Crippen LogP) is 2.44. The molecule has 2 aromatic carbocycles. The van der Waals surface area contributed by atoms with Crippen LogP contribution in [0.5, 0.6) is 5.75 Å². The Kier molecular flexibility index (Phi) is 6.57. The number of hydrogen-bond donors (Lipinski definition) is 2. The number of ether oxygens (including phenoxy) is 1. The molecule has 6 nitrogen and oxygen atoms in total. The summed E-state index contributed by atoms with van der Waals surface area (Å²) >= 11 is 3.25. The Hall–Kier alpha value is -1.90. The van der Waals surface area contributed by atoms with Crippen LogP contribution in [0.3, 0.4) is 0 Å². The van der Waals surface area contributed by atoms with E-state index in [-0.39, 0.29) is 4.90 Å². The number of nitrogens with one attached hydrogen (secondary N) is 2. The van der Waals surface area contributed by atoms with E-state index in [2.05, 4.69) is 26.0 Å². The first-order valence-electron chi connectivity index (χ1n) is 7.50. The van der Waals surface area contributed by atoms with Gasteiger partial charge in [-0.2, -0.15) is 4.72 Å². The van der Waals surface area contributed by atoms with Gasteiger partial charge in [0.05, 0.1) is 18.0 Å². The normalized spacial score (nSPS) is 12.4. The first-order chi connectivity index (χ1) is 11.8. The van der Waals surface area contributed by atoms with E-state index in [1.165, 1.54) is 19.1 Å². The summed E-state index contributed by atoms with van der Waals surface area (Å²) in [6.45, 7) is 1.80. The third-order valence-corrected chi connectivity index (χ3v) is 5.56. The highest BCUT2D eigenvalue weighted by Crippen LogP contribution is 2.15. The smallest absolute Gasteiger partial charge is 0.241 e. The minimum absolute atomic E-state index is 0.102. The van der Waals surface area contributed by atoms with Gasteiger partial charge in [0.1, 0.15) is 5.75 Å². The number of rotatable bonds is 7. The van der Waals surface area contributed by atoms with Crippen molar-refractivity contribution in [3.8, 4) is 5.75 Å². The fourth-order valence-corrected chi connectivity index (χ4v) is 3.52. The molecule has 1 atom stereocenters. The second kappa shape index (κ2) is 8.46. The zero-order chi connectivity index (χ0) is 18.4. The SMILES string of the molecule is COc1ccc(CNC(=O)[C@H](C)NS(=O)(=O)c2ccc(Br)cc2)cc1. The van der Waals surface area contributed by atoms with Crippen LogP contribution in [0.2, 0.25) is 0 Å². The molecule has 0 aliphatic rings. The van der Waals surface area contributed by atoms with Gasteiger partial charge in [-0.3, -0.25) is 4.79 Å². The highest BCUT2D eigenvalue weighted by molar-refractivity contribution is 9.10. The molecule has 0 aliphatic heterocycles. The molecule has 0 radical (unpaired) electrons. The fourth-order valence-electron chi connectivity index (χ4n) is 2.05. The topological polar surface area (TPSA) is 84.5 Å². The van der Waals surface area contributed by atoms with Gasteiger partial charge in [0.2, 0.25) is 15.9 Å². The van der Waals surface area contributed by atoms with Crippen LogP contribution in [-0.2, 0) is 21.4 Å². The number of carbonyl (C=O) groups is 1. The van der Waals surface area contributed by atoms with E-state index >= 15 is 0 Å². The average molecular weight is 427 g/mol. The summed E-state index contributed by atoms with van der Waals surface area (Å²) < 4.78 is 32.8. The van der Waals surface area contributed by atoms with Crippen LogP contribution in [-0.4, -0.2) is 27.5 Å². The van der Waals surface area contributed by atoms with Crippen molar-refractivity contribution in [2.24, 2.45) is 0 Å². The average Bonchev–Trinajstić information content (AvgIpc) is 2.60. The van der Waals surface area contributed by atoms with E-state index in [0.29, 0.717) is 6.54 Å². The Morgan fingerprint density at radius 2 is 1.72 bits per heavy atom. The Morgan fingerprint density at radius 1 is 1.12 bits per heavy atom. The molecule has 2 N–H and O–H groups in total. The number of halogens is 1. The molecule has 134 valence electrons. The molecule has 0 aromatic heterocycles. The van der Waals surface area contributed by atoms with Crippen LogP contribution in [0.15, 0.2) is 57.9 Å². The van der Waals surface area contributed by atoms with Gasteiger partial charge in [0.15, 0.2) is 0 Å². The zero-order valence-electron chi connectivity index (χ0n) is 13.8. The molecule has 0 bridgehead atoms. The van der Waals surface area contributed by atoms with Crippen molar-refractivity contribution in [3.63, 3.8) is 0 Å². The molecule has 0 unspecified atom stereocenters. The zero-order valence-corrected chi connectivity index (χ0v) is 16.2. The summed E-state index contributed by atoms with van der Waals surface area (Å²) in [7, 11) is -2.18. The van der Waals surface area contributed by atoms with Crippen molar-refractivity contribution in [3.05, 3.63) is 58.6 Å². The van der Waals surface area contributed by atoms with Crippen molar-refractivity contribution in [1.29, 1.82) is 0 Å². The first-order valence-corrected chi connectivity index (χ1v) is 9.78. The lowest BCUT2D eigenvalue weighted by molar-refractivity contribution is -0.122. The predicted molar refractivity (Wildman–Crippen MR) is 98.8 cm³/mol. The molecular formula is C17H19BrN2O4S. The van der Waals surface area contributed by atoms with E-state index in [4.69, 9.17) is 4.74 Å². The molecule has 1 amide bonds. The van der Waals surface area contributed by atoms with E-state index in [0.717, 1.165) is 15.8 Å². The van der Waals surface area contributed by atoms with Crippen molar-refractivity contribution >= 4 is 31.9 Å². The van der Waals surface area contributed by atoms with Crippen molar-refractivity contribution < 1.29 is 17.9 Å². The molecule has 0 aliphatic carbocycles. The molecule has 0 saturated carbocycles. The second-order valence-electron chi connectivity index (χ2n) is 5.36. The highest BCUT2D eigenvalue weighted by atomic mass is 79.9. The molecule has 0 spiro atoms. The van der Waals surface area contributed by atoms with Gasteiger partial charge in [0.25, 0.3) is 0 Å². The molecule has 0 heterocycles. The first kappa shape index (κ1) is 19.4. The maximum Gasteiger partial charge on any atom is 0.241 e. The third kappa shape index (κ3) is 5.55. The van der Waals surface area contributed by atoms with Gasteiger partial charge in [-0.1, -0.05) is 28.1 Å². The standard InChI is InChI=1S/C17H19BrN2O4S/c1-12(20-25(22,23)16-9-5-14(18)6-10-16)17(21)19-11-13-3-7-15(24-2)8-4-13/h3-10,12,20H,11H2,1-2H3,(H,19,21)/t12-/m0/s1. The van der Waals surface area contributed by atoms with Gasteiger partial charge in [-0.05, 0) is 48.9 Å². The van der Waals surface area contributed by atoms with Crippen molar-refractivity contribution in [2.75, 3.05) is 7.11 Å². The summed E-state index contributed by atoms with van der Waals surface area (Å²) in [5.41, 5.74) is 0.886. The summed E-state index contributed by atoms with van der Waals surface area (Å²) in [5.74, 6) is 0.321. The monoisotopic (exact) mass is 426 g/mol. The van der Waals surface area contributed by atoms with Gasteiger partial charge in [-0.25, -0.2) is 8.42 Å². The lowest BCUT2D eigenvalue weighted by Gasteiger charge is -2.14. The Bertz CT molecular complexity index is 821. The maximum absolute atomic E-state index is 12.3. The molecule has 8 heteroatoms. The summed E-state index contributed by atoms with van der Waals surface area (Å²) in [4.78, 5) is 12.2. The summed E-state index contributed by atoms with van der Waals surface area (Å²) in [6, 6.07) is 12.5. The van der Waals surface area contributed by atoms with Gasteiger partial charge in [0, 0.05) is 11.0 Å². The van der Waals surface area contributed by atoms with Gasteiger partial charge in [-0.15, -0.1) is 0 Å². The van der Waals surface area contributed by atoms with Crippen LogP contribution < -0.4 is 14.8 Å². The number of sulfonamides is 1. The molecule has 0 fully saturated rings. The Morgan fingerprint density at radius 3 is 2.28 bits per heavy atom. The molecule has 25 heavy (non-hydrogen) atoms. The molecule has 0 saturated heterocycles. The lowest BCUT2D eigenvalue weighted by Crippen LogP contribution is -2.44. The largest absolute Gasteiger partial charge is 0.497 e. The van der Waals surface area contributed by atoms with Crippen molar-refractivity contribution in [1.82, 2.24) is 10.0 Å². The second-order valence-corrected chi connectivity index (χ2v) is 7.99. The van der Waals surface area contributed by atoms with Crippen molar-refractivity contribution in [2.45, 2.75) is 24.4 Å². The number of methoxy groups -OCH3 is 1. The number of hydrogen-bond acceptors (Lipinski definition) is 4. The van der Waals surface area contributed by atoms with Crippen LogP contribution in [0.25, 0.3) is 0 Å². The molecule has 2 aromatic rings. The van der Waals surface area contributed by atoms with E-state index < -0.39 is 22.0 Å². The number of amides is 1. The van der Waals surface area contributed by atoms with Gasteiger partial charge < -0.3 is 10.1 Å². The van der Waals surface area contributed by atoms with Crippen LogP contribution in [0.1, 0.15) is 12.5 Å². The maximum atomic E-state index is 12.3. The number of benzene rings is 2. The highest BCUT2D eigenvalue weighted by Gasteiger charge is 2.21.